The first-order chi connectivity index (χ1) is 4.93. The molecule has 0 saturated heterocycles. The molecule has 1 aliphatic rings. The Morgan fingerprint density at radius 2 is 2.50 bits per heavy atom. The SMILES string of the molecule is CCCCN1C=CCC=N1. The Morgan fingerprint density at radius 1 is 1.60 bits per heavy atom. The lowest BCUT2D eigenvalue weighted by atomic mass is 10.3. The Kier molecular flexibility index (Phi) is 3.00. The van der Waals surface area contributed by atoms with Gasteiger partial charge in [-0.1, -0.05) is 19.4 Å². The topological polar surface area (TPSA) is 15.6 Å². The van der Waals surface area contributed by atoms with Crippen molar-refractivity contribution in [3.63, 3.8) is 0 Å². The summed E-state index contributed by atoms with van der Waals surface area (Å²) < 4.78 is 0. The number of hydrogen-bond donors (Lipinski definition) is 0. The summed E-state index contributed by atoms with van der Waals surface area (Å²) in [5.41, 5.74) is 0. The maximum Gasteiger partial charge on any atom is 0.0408 e. The summed E-state index contributed by atoms with van der Waals surface area (Å²) in [7, 11) is 0. The van der Waals surface area contributed by atoms with E-state index in [0.29, 0.717) is 0 Å². The number of unbranched alkanes of at least 4 members (excludes halogenated alkanes) is 1. The van der Waals surface area contributed by atoms with Gasteiger partial charge in [-0.15, -0.1) is 0 Å². The van der Waals surface area contributed by atoms with Gasteiger partial charge in [0.25, 0.3) is 0 Å². The van der Waals surface area contributed by atoms with Gasteiger partial charge in [0, 0.05) is 25.4 Å². The van der Waals surface area contributed by atoms with Crippen molar-refractivity contribution in [2.75, 3.05) is 6.54 Å². The second-order valence-corrected chi connectivity index (χ2v) is 2.44. The standard InChI is InChI=1S/C8H14N2/c1-2-3-7-10-8-5-4-6-9-10/h5-6,8H,2-4,7H2,1H3. The van der Waals surface area contributed by atoms with Gasteiger partial charge in [-0.2, -0.15) is 5.10 Å². The molecule has 1 rings (SSSR count). The normalized spacial score (nSPS) is 16.3. The molecule has 0 spiro atoms. The monoisotopic (exact) mass is 138 g/mol. The van der Waals surface area contributed by atoms with E-state index in [2.05, 4.69) is 24.3 Å². The Bertz CT molecular complexity index is 126. The van der Waals surface area contributed by atoms with Gasteiger partial charge in [-0.05, 0) is 6.42 Å². The van der Waals surface area contributed by atoms with E-state index in [1.807, 2.05) is 11.2 Å². The summed E-state index contributed by atoms with van der Waals surface area (Å²) in [4.78, 5) is 0. The molecule has 56 valence electrons. The van der Waals surface area contributed by atoms with E-state index in [1.54, 1.807) is 0 Å². The van der Waals surface area contributed by atoms with Crippen molar-refractivity contribution in [1.29, 1.82) is 0 Å². The van der Waals surface area contributed by atoms with E-state index in [0.717, 1.165) is 13.0 Å². The summed E-state index contributed by atoms with van der Waals surface area (Å²) in [6.45, 7) is 3.25. The van der Waals surface area contributed by atoms with Crippen LogP contribution in [0.1, 0.15) is 26.2 Å². The highest BCUT2D eigenvalue weighted by Gasteiger charge is 1.95. The lowest BCUT2D eigenvalue weighted by molar-refractivity contribution is 0.385. The van der Waals surface area contributed by atoms with Crippen LogP contribution in [0.25, 0.3) is 0 Å². The first-order valence-electron chi connectivity index (χ1n) is 3.89. The highest BCUT2D eigenvalue weighted by molar-refractivity contribution is 5.59. The largest absolute Gasteiger partial charge is 0.273 e. The van der Waals surface area contributed by atoms with Gasteiger partial charge in [0.1, 0.15) is 0 Å². The summed E-state index contributed by atoms with van der Waals surface area (Å²) in [6, 6.07) is 0. The maximum atomic E-state index is 4.19. The average molecular weight is 138 g/mol. The number of rotatable bonds is 3. The van der Waals surface area contributed by atoms with Crippen LogP contribution >= 0.6 is 0 Å². The fraction of sp³-hybridized carbons (Fsp3) is 0.625. The van der Waals surface area contributed by atoms with Crippen LogP contribution in [0.15, 0.2) is 17.4 Å². The Morgan fingerprint density at radius 3 is 3.10 bits per heavy atom. The Hall–Kier alpha value is -0.790. The molecular weight excluding hydrogens is 124 g/mol. The van der Waals surface area contributed by atoms with Gasteiger partial charge in [0.2, 0.25) is 0 Å². The first kappa shape index (κ1) is 7.32. The molecule has 0 saturated carbocycles. The molecule has 1 aliphatic heterocycles. The van der Waals surface area contributed by atoms with E-state index in [4.69, 9.17) is 0 Å². The molecule has 0 atom stereocenters. The van der Waals surface area contributed by atoms with Crippen molar-refractivity contribution in [1.82, 2.24) is 5.01 Å². The predicted molar refractivity (Wildman–Crippen MR) is 43.9 cm³/mol. The van der Waals surface area contributed by atoms with Gasteiger partial charge in [-0.3, -0.25) is 5.01 Å². The molecule has 2 heteroatoms. The zero-order chi connectivity index (χ0) is 7.23. The summed E-state index contributed by atoms with van der Waals surface area (Å²) in [6.07, 6.45) is 9.57. The molecule has 0 radical (unpaired) electrons. The molecule has 1 heterocycles. The maximum absolute atomic E-state index is 4.19. The molecule has 0 aromatic carbocycles. The van der Waals surface area contributed by atoms with Gasteiger partial charge < -0.3 is 0 Å². The van der Waals surface area contributed by atoms with E-state index in [-0.39, 0.29) is 0 Å². The summed E-state index contributed by atoms with van der Waals surface area (Å²) in [5, 5.41) is 6.18. The third-order valence-electron chi connectivity index (χ3n) is 1.49. The van der Waals surface area contributed by atoms with Gasteiger partial charge >= 0.3 is 0 Å². The number of hydrogen-bond acceptors (Lipinski definition) is 2. The molecule has 0 unspecified atom stereocenters. The molecule has 0 aliphatic carbocycles. The lowest BCUT2D eigenvalue weighted by Gasteiger charge is -2.15. The molecule has 0 aromatic rings. The van der Waals surface area contributed by atoms with E-state index >= 15 is 0 Å². The molecule has 0 aromatic heterocycles. The quantitative estimate of drug-likeness (QED) is 0.582. The first-order valence-corrected chi connectivity index (χ1v) is 3.89. The van der Waals surface area contributed by atoms with Crippen LogP contribution in [0.3, 0.4) is 0 Å². The molecule has 0 amide bonds. The fourth-order valence-electron chi connectivity index (χ4n) is 0.886. The summed E-state index contributed by atoms with van der Waals surface area (Å²) >= 11 is 0. The third kappa shape index (κ3) is 2.21. The van der Waals surface area contributed by atoms with Crippen LogP contribution in [0.2, 0.25) is 0 Å². The van der Waals surface area contributed by atoms with Gasteiger partial charge in [0.15, 0.2) is 0 Å². The van der Waals surface area contributed by atoms with Crippen molar-refractivity contribution >= 4 is 6.21 Å². The van der Waals surface area contributed by atoms with Crippen LogP contribution in [-0.2, 0) is 0 Å². The smallest absolute Gasteiger partial charge is 0.0408 e. The second kappa shape index (κ2) is 4.09. The van der Waals surface area contributed by atoms with Crippen molar-refractivity contribution in [2.24, 2.45) is 5.10 Å². The predicted octanol–water partition coefficient (Wildman–Crippen LogP) is 1.99. The molecule has 0 N–H and O–H groups in total. The Labute approximate surface area is 62.2 Å². The van der Waals surface area contributed by atoms with E-state index < -0.39 is 0 Å². The number of hydrazone groups is 1. The highest BCUT2D eigenvalue weighted by atomic mass is 15.4. The van der Waals surface area contributed by atoms with Crippen LogP contribution in [0.5, 0.6) is 0 Å². The zero-order valence-corrected chi connectivity index (χ0v) is 6.45. The zero-order valence-electron chi connectivity index (χ0n) is 6.45. The molecule has 0 fully saturated rings. The number of allylic oxidation sites excluding steroid dienone is 1. The molecular formula is C8H14N2. The minimum Gasteiger partial charge on any atom is -0.273 e. The van der Waals surface area contributed by atoms with Crippen molar-refractivity contribution < 1.29 is 0 Å². The second-order valence-electron chi connectivity index (χ2n) is 2.44. The van der Waals surface area contributed by atoms with E-state index in [1.165, 1.54) is 12.8 Å². The molecule has 0 bridgehead atoms. The van der Waals surface area contributed by atoms with Crippen LogP contribution < -0.4 is 0 Å². The molecule has 10 heavy (non-hydrogen) atoms. The van der Waals surface area contributed by atoms with Crippen molar-refractivity contribution in [3.8, 4) is 0 Å². The third-order valence-corrected chi connectivity index (χ3v) is 1.49. The van der Waals surface area contributed by atoms with Crippen LogP contribution in [-0.4, -0.2) is 17.8 Å². The van der Waals surface area contributed by atoms with Crippen LogP contribution in [0.4, 0.5) is 0 Å². The van der Waals surface area contributed by atoms with Gasteiger partial charge in [0.05, 0.1) is 0 Å². The van der Waals surface area contributed by atoms with Crippen molar-refractivity contribution in [2.45, 2.75) is 26.2 Å². The van der Waals surface area contributed by atoms with E-state index in [9.17, 15) is 0 Å². The summed E-state index contributed by atoms with van der Waals surface area (Å²) in [5.74, 6) is 0. The lowest BCUT2D eigenvalue weighted by Crippen LogP contribution is -2.13. The number of nitrogens with zero attached hydrogens (tertiary/aromatic N) is 2. The fourth-order valence-corrected chi connectivity index (χ4v) is 0.886. The van der Waals surface area contributed by atoms with Crippen LogP contribution in [0, 0.1) is 0 Å². The minimum absolute atomic E-state index is 0.989. The average Bonchev–Trinajstić information content (AvgIpc) is 2.03. The minimum atomic E-state index is 0.989. The Balaban J connectivity index is 2.20. The van der Waals surface area contributed by atoms with Crippen molar-refractivity contribution in [3.05, 3.63) is 12.3 Å². The van der Waals surface area contributed by atoms with Gasteiger partial charge in [-0.25, -0.2) is 0 Å². The molecule has 2 nitrogen and oxygen atoms in total. The highest BCUT2D eigenvalue weighted by Crippen LogP contribution is 2.00.